The van der Waals surface area contributed by atoms with Crippen molar-refractivity contribution in [2.24, 2.45) is 5.92 Å². The van der Waals surface area contributed by atoms with Gasteiger partial charge in [-0.2, -0.15) is 5.26 Å². The maximum Gasteiger partial charge on any atom is 0.0652 e. The van der Waals surface area contributed by atoms with Crippen molar-refractivity contribution >= 4 is 10.9 Å². The summed E-state index contributed by atoms with van der Waals surface area (Å²) in [5.74, 6) is 0.138. The Labute approximate surface area is 89.5 Å². The molecule has 0 aliphatic rings. The third kappa shape index (κ3) is 2.02. The fourth-order valence-corrected chi connectivity index (χ4v) is 1.78. The van der Waals surface area contributed by atoms with E-state index in [9.17, 15) is 0 Å². The lowest BCUT2D eigenvalue weighted by molar-refractivity contribution is 0.662. The van der Waals surface area contributed by atoms with E-state index in [2.05, 4.69) is 29.4 Å². The highest BCUT2D eigenvalue weighted by molar-refractivity contribution is 5.82. The molecule has 0 bridgehead atoms. The number of nitriles is 1. The Morgan fingerprint density at radius 1 is 1.40 bits per heavy atom. The second-order valence-corrected chi connectivity index (χ2v) is 3.93. The van der Waals surface area contributed by atoms with Crippen LogP contribution < -0.4 is 0 Å². The van der Waals surface area contributed by atoms with Gasteiger partial charge in [-0.25, -0.2) is 0 Å². The van der Waals surface area contributed by atoms with Gasteiger partial charge in [0.05, 0.1) is 6.07 Å². The van der Waals surface area contributed by atoms with Gasteiger partial charge in [0.2, 0.25) is 0 Å². The molecule has 1 N–H and O–H groups in total. The van der Waals surface area contributed by atoms with Crippen molar-refractivity contribution in [3.8, 4) is 6.07 Å². The second kappa shape index (κ2) is 4.18. The van der Waals surface area contributed by atoms with E-state index in [1.807, 2.05) is 19.1 Å². The van der Waals surface area contributed by atoms with Gasteiger partial charge in [0.1, 0.15) is 0 Å². The van der Waals surface area contributed by atoms with Gasteiger partial charge in [-0.05, 0) is 31.4 Å². The first-order valence-corrected chi connectivity index (χ1v) is 5.26. The molecule has 0 aliphatic heterocycles. The molecular formula is C13H14N2. The molecule has 2 heteroatoms. The van der Waals surface area contributed by atoms with Crippen LogP contribution in [0, 0.1) is 17.2 Å². The lowest BCUT2D eigenvalue weighted by Gasteiger charge is -2.00. The van der Waals surface area contributed by atoms with Crippen LogP contribution in [0.3, 0.4) is 0 Å². The average Bonchev–Trinajstić information content (AvgIpc) is 2.69. The van der Waals surface area contributed by atoms with E-state index in [-0.39, 0.29) is 5.92 Å². The van der Waals surface area contributed by atoms with E-state index in [0.717, 1.165) is 12.8 Å². The summed E-state index contributed by atoms with van der Waals surface area (Å²) in [5, 5.41) is 10.00. The van der Waals surface area contributed by atoms with Crippen molar-refractivity contribution in [2.75, 3.05) is 0 Å². The summed E-state index contributed by atoms with van der Waals surface area (Å²) >= 11 is 0. The van der Waals surface area contributed by atoms with Gasteiger partial charge in [0.25, 0.3) is 0 Å². The number of hydrogen-bond donors (Lipinski definition) is 1. The van der Waals surface area contributed by atoms with Crippen LogP contribution in [0.2, 0.25) is 0 Å². The van der Waals surface area contributed by atoms with Crippen molar-refractivity contribution in [3.05, 3.63) is 36.0 Å². The largest absolute Gasteiger partial charge is 0.361 e. The van der Waals surface area contributed by atoms with Crippen LogP contribution in [0.5, 0.6) is 0 Å². The number of H-pyrrole nitrogens is 1. The van der Waals surface area contributed by atoms with Gasteiger partial charge >= 0.3 is 0 Å². The number of aromatic nitrogens is 1. The summed E-state index contributed by atoms with van der Waals surface area (Å²) in [6.07, 6.45) is 3.95. The predicted octanol–water partition coefficient (Wildman–Crippen LogP) is 3.26. The molecule has 2 nitrogen and oxygen atoms in total. The molecule has 1 atom stereocenters. The molecule has 0 amide bonds. The van der Waals surface area contributed by atoms with Gasteiger partial charge in [0.15, 0.2) is 0 Å². The summed E-state index contributed by atoms with van der Waals surface area (Å²) in [4.78, 5) is 3.25. The van der Waals surface area contributed by atoms with E-state index in [0.29, 0.717) is 0 Å². The van der Waals surface area contributed by atoms with Crippen LogP contribution in [0.1, 0.15) is 18.9 Å². The molecule has 2 aromatic rings. The van der Waals surface area contributed by atoms with Crippen LogP contribution in [-0.4, -0.2) is 4.98 Å². The topological polar surface area (TPSA) is 39.6 Å². The Kier molecular flexibility index (Phi) is 2.73. The maximum absolute atomic E-state index is 8.72. The van der Waals surface area contributed by atoms with Crippen molar-refractivity contribution in [1.82, 2.24) is 4.98 Å². The maximum atomic E-state index is 8.72. The van der Waals surface area contributed by atoms with Crippen molar-refractivity contribution in [3.63, 3.8) is 0 Å². The highest BCUT2D eigenvalue weighted by atomic mass is 14.7. The number of fused-ring (bicyclic) bond motifs is 1. The second-order valence-electron chi connectivity index (χ2n) is 3.93. The van der Waals surface area contributed by atoms with E-state index >= 15 is 0 Å². The molecule has 1 aromatic heterocycles. The SMILES string of the molecule is CC(C#N)CCc1c[nH]c2ccccc12. The van der Waals surface area contributed by atoms with E-state index in [4.69, 9.17) is 5.26 Å². The molecule has 1 heterocycles. The summed E-state index contributed by atoms with van der Waals surface area (Å²) in [7, 11) is 0. The Hall–Kier alpha value is -1.75. The quantitative estimate of drug-likeness (QED) is 0.807. The van der Waals surface area contributed by atoms with Crippen molar-refractivity contribution in [1.29, 1.82) is 5.26 Å². The number of nitrogens with zero attached hydrogens (tertiary/aromatic N) is 1. The minimum atomic E-state index is 0.138. The first-order valence-electron chi connectivity index (χ1n) is 5.26. The first-order chi connectivity index (χ1) is 7.31. The number of aryl methyl sites for hydroxylation is 1. The Balaban J connectivity index is 2.19. The highest BCUT2D eigenvalue weighted by Gasteiger charge is 2.05. The third-order valence-electron chi connectivity index (χ3n) is 2.74. The summed E-state index contributed by atoms with van der Waals surface area (Å²) in [6, 6.07) is 10.5. The normalized spacial score (nSPS) is 12.5. The molecule has 2 rings (SSSR count). The van der Waals surface area contributed by atoms with Crippen LogP contribution >= 0.6 is 0 Å². The fourth-order valence-electron chi connectivity index (χ4n) is 1.78. The number of para-hydroxylation sites is 1. The summed E-state index contributed by atoms with van der Waals surface area (Å²) < 4.78 is 0. The van der Waals surface area contributed by atoms with Gasteiger partial charge in [-0.1, -0.05) is 18.2 Å². The molecule has 15 heavy (non-hydrogen) atoms. The molecule has 0 saturated carbocycles. The average molecular weight is 198 g/mol. The number of nitrogens with one attached hydrogen (secondary N) is 1. The van der Waals surface area contributed by atoms with E-state index < -0.39 is 0 Å². The zero-order valence-electron chi connectivity index (χ0n) is 8.83. The Bertz CT molecular complexity index is 490. The third-order valence-corrected chi connectivity index (χ3v) is 2.74. The molecule has 76 valence electrons. The standard InChI is InChI=1S/C13H14N2/c1-10(8-14)6-7-11-9-15-13-5-3-2-4-12(11)13/h2-5,9-10,15H,6-7H2,1H3. The molecular weight excluding hydrogens is 184 g/mol. The molecule has 0 aliphatic carbocycles. The molecule has 0 spiro atoms. The van der Waals surface area contributed by atoms with E-state index in [1.165, 1.54) is 16.5 Å². The number of hydrogen-bond acceptors (Lipinski definition) is 1. The van der Waals surface area contributed by atoms with Crippen molar-refractivity contribution < 1.29 is 0 Å². The zero-order valence-corrected chi connectivity index (χ0v) is 8.83. The van der Waals surface area contributed by atoms with Gasteiger partial charge in [-0.3, -0.25) is 0 Å². The Morgan fingerprint density at radius 3 is 3.00 bits per heavy atom. The lowest BCUT2D eigenvalue weighted by Crippen LogP contribution is -1.92. The van der Waals surface area contributed by atoms with Crippen molar-refractivity contribution in [2.45, 2.75) is 19.8 Å². The van der Waals surface area contributed by atoms with Crippen LogP contribution in [0.25, 0.3) is 10.9 Å². The minimum Gasteiger partial charge on any atom is -0.361 e. The lowest BCUT2D eigenvalue weighted by atomic mass is 10.0. The number of rotatable bonds is 3. The fraction of sp³-hybridized carbons (Fsp3) is 0.308. The summed E-state index contributed by atoms with van der Waals surface area (Å²) in [6.45, 7) is 1.97. The van der Waals surface area contributed by atoms with Gasteiger partial charge < -0.3 is 4.98 Å². The molecule has 0 fully saturated rings. The smallest absolute Gasteiger partial charge is 0.0652 e. The van der Waals surface area contributed by atoms with Gasteiger partial charge in [-0.15, -0.1) is 0 Å². The van der Waals surface area contributed by atoms with E-state index in [1.54, 1.807) is 0 Å². The molecule has 1 unspecified atom stereocenters. The summed E-state index contributed by atoms with van der Waals surface area (Å²) in [5.41, 5.74) is 2.49. The molecule has 1 aromatic carbocycles. The predicted molar refractivity (Wildman–Crippen MR) is 61.4 cm³/mol. The molecule has 0 radical (unpaired) electrons. The number of aromatic amines is 1. The number of benzene rings is 1. The monoisotopic (exact) mass is 198 g/mol. The Morgan fingerprint density at radius 2 is 2.20 bits per heavy atom. The first kappa shape index (κ1) is 9.79. The zero-order chi connectivity index (χ0) is 10.7. The minimum absolute atomic E-state index is 0.138. The van der Waals surface area contributed by atoms with Crippen LogP contribution in [0.15, 0.2) is 30.5 Å². The van der Waals surface area contributed by atoms with Crippen LogP contribution in [0.4, 0.5) is 0 Å². The van der Waals surface area contributed by atoms with Crippen LogP contribution in [-0.2, 0) is 6.42 Å². The molecule has 0 saturated heterocycles. The highest BCUT2D eigenvalue weighted by Crippen LogP contribution is 2.20. The van der Waals surface area contributed by atoms with Gasteiger partial charge in [0, 0.05) is 23.0 Å².